The van der Waals surface area contributed by atoms with Crippen molar-refractivity contribution in [3.05, 3.63) is 91.0 Å². The van der Waals surface area contributed by atoms with E-state index in [4.69, 9.17) is 0 Å². The summed E-state index contributed by atoms with van der Waals surface area (Å²) < 4.78 is 0. The number of rotatable bonds is 6. The van der Waals surface area contributed by atoms with Crippen LogP contribution in [-0.2, 0) is 4.79 Å². The van der Waals surface area contributed by atoms with Gasteiger partial charge in [-0.25, -0.2) is 0 Å². The smallest absolute Gasteiger partial charge is 0.133 e. The third kappa shape index (κ3) is 3.32. The number of benzene rings is 3. The van der Waals surface area contributed by atoms with Crippen molar-refractivity contribution in [2.45, 2.75) is 13.3 Å². The topological polar surface area (TPSA) is 17.1 Å². The largest absolute Gasteiger partial charge is 0.300 e. The van der Waals surface area contributed by atoms with Gasteiger partial charge in [0.15, 0.2) is 0 Å². The normalized spacial score (nSPS) is 11.2. The van der Waals surface area contributed by atoms with Crippen molar-refractivity contribution in [1.29, 1.82) is 0 Å². The second-order valence-corrected chi connectivity index (χ2v) is 9.61. The van der Waals surface area contributed by atoms with Crippen LogP contribution in [0.1, 0.15) is 13.3 Å². The zero-order chi connectivity index (χ0) is 16.8. The van der Waals surface area contributed by atoms with Crippen molar-refractivity contribution in [3.63, 3.8) is 0 Å². The second kappa shape index (κ2) is 7.55. The van der Waals surface area contributed by atoms with E-state index in [0.717, 1.165) is 6.16 Å². The van der Waals surface area contributed by atoms with Gasteiger partial charge in [0.25, 0.3) is 0 Å². The Balaban J connectivity index is 2.26. The summed E-state index contributed by atoms with van der Waals surface area (Å²) in [5.74, 6) is 0.252. The van der Waals surface area contributed by atoms with E-state index in [1.807, 2.05) is 0 Å². The van der Waals surface area contributed by atoms with Gasteiger partial charge in [0.05, 0.1) is 6.16 Å². The van der Waals surface area contributed by atoms with Crippen LogP contribution in [0, 0.1) is 0 Å². The van der Waals surface area contributed by atoms with Crippen molar-refractivity contribution in [3.8, 4) is 0 Å². The molecule has 0 atom stereocenters. The Kier molecular flexibility index (Phi) is 5.23. The standard InChI is InChI=1S/C22H22OP/c1-19(23)17-18-24(20-11-5-2-6-12-20,21-13-7-3-8-14-21)22-15-9-4-10-16-22/h2-16H,17-18H2,1H3/q+1. The maximum Gasteiger partial charge on any atom is 0.133 e. The Morgan fingerprint density at radius 2 is 1.00 bits per heavy atom. The molecule has 0 N–H and O–H groups in total. The van der Waals surface area contributed by atoms with Gasteiger partial charge in [0.2, 0.25) is 0 Å². The Bertz CT molecular complexity index is 685. The van der Waals surface area contributed by atoms with E-state index >= 15 is 0 Å². The molecule has 0 bridgehead atoms. The molecule has 0 aliphatic rings. The fourth-order valence-electron chi connectivity index (χ4n) is 3.21. The Morgan fingerprint density at radius 3 is 1.29 bits per heavy atom. The van der Waals surface area contributed by atoms with Gasteiger partial charge < -0.3 is 0 Å². The lowest BCUT2D eigenvalue weighted by molar-refractivity contribution is -0.116. The van der Waals surface area contributed by atoms with E-state index in [1.165, 1.54) is 15.9 Å². The van der Waals surface area contributed by atoms with E-state index < -0.39 is 7.26 Å². The van der Waals surface area contributed by atoms with Gasteiger partial charge in [-0.2, -0.15) is 0 Å². The molecule has 3 aromatic carbocycles. The first-order valence-corrected chi connectivity index (χ1v) is 10.3. The van der Waals surface area contributed by atoms with Crippen molar-refractivity contribution in [2.24, 2.45) is 0 Å². The first-order chi connectivity index (χ1) is 11.7. The molecule has 0 spiro atoms. The Labute approximate surface area is 144 Å². The van der Waals surface area contributed by atoms with Crippen LogP contribution in [0.2, 0.25) is 0 Å². The van der Waals surface area contributed by atoms with Gasteiger partial charge in [-0.15, -0.1) is 0 Å². The summed E-state index contributed by atoms with van der Waals surface area (Å²) in [4.78, 5) is 11.8. The molecule has 0 aliphatic heterocycles. The summed E-state index contributed by atoms with van der Waals surface area (Å²) in [6.07, 6.45) is 1.48. The van der Waals surface area contributed by atoms with Crippen molar-refractivity contribution < 1.29 is 4.79 Å². The third-order valence-corrected chi connectivity index (χ3v) is 8.82. The van der Waals surface area contributed by atoms with Gasteiger partial charge in [-0.05, 0) is 43.3 Å². The van der Waals surface area contributed by atoms with Gasteiger partial charge in [-0.3, -0.25) is 4.79 Å². The fraction of sp³-hybridized carbons (Fsp3) is 0.136. The molecule has 0 aliphatic carbocycles. The lowest BCUT2D eigenvalue weighted by Crippen LogP contribution is -2.33. The van der Waals surface area contributed by atoms with Crippen LogP contribution in [-0.4, -0.2) is 11.9 Å². The molecule has 2 heteroatoms. The molecule has 0 fully saturated rings. The molecule has 3 aromatic rings. The minimum Gasteiger partial charge on any atom is -0.300 e. The Morgan fingerprint density at radius 1 is 0.667 bits per heavy atom. The quantitative estimate of drug-likeness (QED) is 0.624. The highest BCUT2D eigenvalue weighted by atomic mass is 31.2. The first kappa shape index (κ1) is 16.6. The average molecular weight is 333 g/mol. The van der Waals surface area contributed by atoms with Crippen LogP contribution in [0.4, 0.5) is 0 Å². The summed E-state index contributed by atoms with van der Waals surface area (Å²) in [7, 11) is -1.83. The van der Waals surface area contributed by atoms with Crippen molar-refractivity contribution in [1.82, 2.24) is 0 Å². The highest BCUT2D eigenvalue weighted by Crippen LogP contribution is 2.55. The minimum absolute atomic E-state index is 0.252. The van der Waals surface area contributed by atoms with E-state index in [-0.39, 0.29) is 5.78 Å². The molecule has 120 valence electrons. The lowest BCUT2D eigenvalue weighted by Gasteiger charge is -2.27. The van der Waals surface area contributed by atoms with Gasteiger partial charge in [0.1, 0.15) is 29.0 Å². The number of hydrogen-bond acceptors (Lipinski definition) is 1. The van der Waals surface area contributed by atoms with Gasteiger partial charge in [0, 0.05) is 6.42 Å². The number of Topliss-reactive ketones (excluding diaryl/α,β-unsaturated/α-hetero) is 1. The highest BCUT2D eigenvalue weighted by molar-refractivity contribution is 7.95. The number of carbonyl (C=O) groups is 1. The predicted octanol–water partition coefficient (Wildman–Crippen LogP) is 3.96. The zero-order valence-electron chi connectivity index (χ0n) is 13.9. The summed E-state index contributed by atoms with van der Waals surface area (Å²) in [6, 6.07) is 32.1. The molecule has 3 rings (SSSR count). The number of carbonyl (C=O) groups excluding carboxylic acids is 1. The van der Waals surface area contributed by atoms with Gasteiger partial charge >= 0.3 is 0 Å². The molecule has 0 aromatic heterocycles. The summed E-state index contributed by atoms with van der Waals surface area (Å²) in [6.45, 7) is 1.69. The molecular formula is C22H22OP+. The summed E-state index contributed by atoms with van der Waals surface area (Å²) in [5.41, 5.74) is 0. The molecule has 0 heterocycles. The van der Waals surface area contributed by atoms with Crippen LogP contribution < -0.4 is 15.9 Å². The SMILES string of the molecule is CC(=O)CC[P+](c1ccccc1)(c1ccccc1)c1ccccc1. The number of ketones is 1. The molecule has 0 amide bonds. The highest BCUT2D eigenvalue weighted by Gasteiger charge is 2.44. The summed E-state index contributed by atoms with van der Waals surface area (Å²) in [5, 5.41) is 4.01. The van der Waals surface area contributed by atoms with Crippen molar-refractivity contribution in [2.75, 3.05) is 6.16 Å². The maximum atomic E-state index is 11.8. The molecule has 0 radical (unpaired) electrons. The van der Waals surface area contributed by atoms with Crippen LogP contribution in [0.5, 0.6) is 0 Å². The summed E-state index contributed by atoms with van der Waals surface area (Å²) >= 11 is 0. The second-order valence-electron chi connectivity index (χ2n) is 5.99. The number of hydrogen-bond donors (Lipinski definition) is 0. The van der Waals surface area contributed by atoms with Crippen LogP contribution in [0.3, 0.4) is 0 Å². The van der Waals surface area contributed by atoms with Gasteiger partial charge in [-0.1, -0.05) is 54.6 Å². The maximum absolute atomic E-state index is 11.8. The zero-order valence-corrected chi connectivity index (χ0v) is 14.8. The van der Waals surface area contributed by atoms with E-state index in [2.05, 4.69) is 91.0 Å². The first-order valence-electron chi connectivity index (χ1n) is 8.28. The molecule has 0 unspecified atom stereocenters. The fourth-order valence-corrected chi connectivity index (χ4v) is 7.57. The monoisotopic (exact) mass is 333 g/mol. The van der Waals surface area contributed by atoms with Crippen molar-refractivity contribution >= 4 is 29.0 Å². The Hall–Kier alpha value is -2.24. The predicted molar refractivity (Wildman–Crippen MR) is 105 cm³/mol. The molecule has 0 saturated heterocycles. The molecule has 0 saturated carbocycles. The van der Waals surface area contributed by atoms with E-state index in [1.54, 1.807) is 6.92 Å². The third-order valence-electron chi connectivity index (χ3n) is 4.39. The van der Waals surface area contributed by atoms with Crippen LogP contribution in [0.15, 0.2) is 91.0 Å². The molecular weight excluding hydrogens is 311 g/mol. The van der Waals surface area contributed by atoms with Crippen LogP contribution in [0.25, 0.3) is 0 Å². The molecule has 1 nitrogen and oxygen atoms in total. The van der Waals surface area contributed by atoms with E-state index in [0.29, 0.717) is 6.42 Å². The lowest BCUT2D eigenvalue weighted by atomic mass is 10.3. The van der Waals surface area contributed by atoms with E-state index in [9.17, 15) is 4.79 Å². The minimum atomic E-state index is -1.83. The average Bonchev–Trinajstić information content (AvgIpc) is 2.65. The van der Waals surface area contributed by atoms with Crippen LogP contribution >= 0.6 is 7.26 Å². The molecule has 24 heavy (non-hydrogen) atoms.